The molecule has 130 valence electrons. The van der Waals surface area contributed by atoms with Gasteiger partial charge in [0.25, 0.3) is 0 Å². The largest absolute Gasteiger partial charge is 0.449 e. The molecule has 3 rings (SSSR count). The molecule has 1 heterocycles. The fraction of sp³-hybridized carbons (Fsp3) is 0.550. The zero-order valence-corrected chi connectivity index (χ0v) is 14.9. The van der Waals surface area contributed by atoms with Crippen LogP contribution in [0.15, 0.2) is 42.0 Å². The SMILES string of the molecule is CC1=C[C@@H](C)[C@@]2(COC(=O)Nc3ccccc3)CO[C@H](C)[C@H]1[C@@H]2C. The van der Waals surface area contributed by atoms with E-state index >= 15 is 0 Å². The molecular formula is C20H27NO3. The van der Waals surface area contributed by atoms with E-state index in [0.717, 1.165) is 5.69 Å². The molecule has 0 unspecified atom stereocenters. The van der Waals surface area contributed by atoms with Crippen molar-refractivity contribution < 1.29 is 14.3 Å². The van der Waals surface area contributed by atoms with Gasteiger partial charge in [-0.3, -0.25) is 5.32 Å². The third-order valence-corrected chi connectivity index (χ3v) is 6.00. The lowest BCUT2D eigenvalue weighted by molar-refractivity contribution is -0.156. The standard InChI is InChI=1S/C20H27NO3/c1-13-10-14(2)20(11-23-16(4)18(13)15(20)3)12-24-19(22)21-17-8-6-5-7-9-17/h5-10,14-16,18H,11-12H2,1-4H3,(H,21,22)/t14-,15+,16-,18-,20+/m1/s1. The average Bonchev–Trinajstić information content (AvgIpc) is 2.54. The summed E-state index contributed by atoms with van der Waals surface area (Å²) in [6, 6.07) is 9.37. The predicted octanol–water partition coefficient (Wildman–Crippen LogP) is 4.49. The second-order valence-corrected chi connectivity index (χ2v) is 7.33. The number of anilines is 1. The Bertz CT molecular complexity index is 627. The van der Waals surface area contributed by atoms with Crippen LogP contribution in [-0.2, 0) is 9.47 Å². The average molecular weight is 329 g/mol. The summed E-state index contributed by atoms with van der Waals surface area (Å²) >= 11 is 0. The van der Waals surface area contributed by atoms with Crippen LogP contribution in [0.5, 0.6) is 0 Å². The first-order valence-corrected chi connectivity index (χ1v) is 8.73. The van der Waals surface area contributed by atoms with Crippen molar-refractivity contribution in [3.8, 4) is 0 Å². The third kappa shape index (κ3) is 2.95. The number of benzene rings is 1. The van der Waals surface area contributed by atoms with E-state index in [1.165, 1.54) is 5.57 Å². The van der Waals surface area contributed by atoms with Gasteiger partial charge >= 0.3 is 6.09 Å². The lowest BCUT2D eigenvalue weighted by atomic mass is 9.56. The van der Waals surface area contributed by atoms with E-state index in [4.69, 9.17) is 9.47 Å². The maximum atomic E-state index is 12.2. The number of hydrogen-bond donors (Lipinski definition) is 1. The molecule has 1 aromatic carbocycles. The molecule has 0 aromatic heterocycles. The van der Waals surface area contributed by atoms with Crippen LogP contribution in [0.1, 0.15) is 27.7 Å². The van der Waals surface area contributed by atoms with Crippen molar-refractivity contribution in [2.24, 2.45) is 23.2 Å². The Balaban J connectivity index is 1.70. The Morgan fingerprint density at radius 1 is 1.29 bits per heavy atom. The number of fused-ring (bicyclic) bond motifs is 2. The highest BCUT2D eigenvalue weighted by molar-refractivity contribution is 5.84. The van der Waals surface area contributed by atoms with Crippen molar-refractivity contribution in [3.05, 3.63) is 42.0 Å². The van der Waals surface area contributed by atoms with Crippen LogP contribution in [0.25, 0.3) is 0 Å². The van der Waals surface area contributed by atoms with Gasteiger partial charge in [-0.2, -0.15) is 0 Å². The number of hydrogen-bond acceptors (Lipinski definition) is 3. The van der Waals surface area contributed by atoms with E-state index in [1.807, 2.05) is 30.3 Å². The molecule has 2 aliphatic rings. The molecule has 1 amide bonds. The molecule has 4 nitrogen and oxygen atoms in total. The first-order valence-electron chi connectivity index (χ1n) is 8.73. The van der Waals surface area contributed by atoms with Crippen LogP contribution >= 0.6 is 0 Å². The number of ether oxygens (including phenoxy) is 2. The van der Waals surface area contributed by atoms with Gasteiger partial charge < -0.3 is 9.47 Å². The monoisotopic (exact) mass is 329 g/mol. The minimum absolute atomic E-state index is 0.148. The van der Waals surface area contributed by atoms with Crippen LogP contribution in [-0.4, -0.2) is 25.4 Å². The summed E-state index contributed by atoms with van der Waals surface area (Å²) in [5, 5.41) is 2.78. The molecular weight excluding hydrogens is 302 g/mol. The first kappa shape index (κ1) is 17.0. The van der Waals surface area contributed by atoms with E-state index in [0.29, 0.717) is 31.0 Å². The topological polar surface area (TPSA) is 47.6 Å². The summed E-state index contributed by atoms with van der Waals surface area (Å²) in [5.41, 5.74) is 1.99. The van der Waals surface area contributed by atoms with Gasteiger partial charge in [0.05, 0.1) is 12.7 Å². The molecule has 1 N–H and O–H groups in total. The fourth-order valence-electron chi connectivity index (χ4n) is 4.45. The number of rotatable bonds is 3. The zero-order valence-electron chi connectivity index (χ0n) is 14.9. The molecule has 1 aromatic rings. The number of nitrogens with one attached hydrogen (secondary N) is 1. The van der Waals surface area contributed by atoms with Gasteiger partial charge in [-0.15, -0.1) is 0 Å². The summed E-state index contributed by atoms with van der Waals surface area (Å²) in [6.07, 6.45) is 2.15. The predicted molar refractivity (Wildman–Crippen MR) is 94.8 cm³/mol. The smallest absolute Gasteiger partial charge is 0.411 e. The molecule has 1 saturated heterocycles. The first-order chi connectivity index (χ1) is 11.4. The van der Waals surface area contributed by atoms with E-state index in [9.17, 15) is 4.79 Å². The van der Waals surface area contributed by atoms with Gasteiger partial charge in [-0.25, -0.2) is 4.79 Å². The van der Waals surface area contributed by atoms with Gasteiger partial charge in [0.1, 0.15) is 6.61 Å². The van der Waals surface area contributed by atoms with Crippen LogP contribution in [0.3, 0.4) is 0 Å². The van der Waals surface area contributed by atoms with E-state index in [-0.39, 0.29) is 11.5 Å². The third-order valence-electron chi connectivity index (χ3n) is 6.00. The minimum atomic E-state index is -0.406. The van der Waals surface area contributed by atoms with Crippen molar-refractivity contribution in [3.63, 3.8) is 0 Å². The quantitative estimate of drug-likeness (QED) is 0.831. The zero-order chi connectivity index (χ0) is 17.3. The molecule has 1 fully saturated rings. The Hall–Kier alpha value is -1.81. The van der Waals surface area contributed by atoms with Crippen molar-refractivity contribution >= 4 is 11.8 Å². The van der Waals surface area contributed by atoms with Crippen molar-refractivity contribution in [1.29, 1.82) is 0 Å². The summed E-state index contributed by atoms with van der Waals surface area (Å²) < 4.78 is 11.7. The molecule has 1 aliphatic carbocycles. The number of carbonyl (C=O) groups excluding carboxylic acids is 1. The molecule has 1 aliphatic heterocycles. The minimum Gasteiger partial charge on any atom is -0.449 e. The summed E-state index contributed by atoms with van der Waals surface area (Å²) in [6.45, 7) is 9.82. The second kappa shape index (κ2) is 6.60. The maximum absolute atomic E-state index is 12.2. The molecule has 2 bridgehead atoms. The normalized spacial score (nSPS) is 35.1. The van der Waals surface area contributed by atoms with Crippen molar-refractivity contribution in [2.45, 2.75) is 33.8 Å². The van der Waals surface area contributed by atoms with Crippen LogP contribution < -0.4 is 5.32 Å². The highest BCUT2D eigenvalue weighted by atomic mass is 16.6. The molecule has 0 spiro atoms. The van der Waals surface area contributed by atoms with Crippen molar-refractivity contribution in [2.75, 3.05) is 18.5 Å². The lowest BCUT2D eigenvalue weighted by Gasteiger charge is -2.54. The summed E-state index contributed by atoms with van der Waals surface area (Å²) in [5.74, 6) is 1.14. The van der Waals surface area contributed by atoms with Gasteiger partial charge in [-0.05, 0) is 37.8 Å². The molecule has 0 saturated carbocycles. The number of allylic oxidation sites excluding steroid dienone is 1. The molecule has 5 atom stereocenters. The Morgan fingerprint density at radius 2 is 2.00 bits per heavy atom. The maximum Gasteiger partial charge on any atom is 0.411 e. The molecule has 24 heavy (non-hydrogen) atoms. The van der Waals surface area contributed by atoms with E-state index in [1.54, 1.807) is 0 Å². The Morgan fingerprint density at radius 3 is 2.71 bits per heavy atom. The number of para-hydroxylation sites is 1. The van der Waals surface area contributed by atoms with Gasteiger partial charge in [0, 0.05) is 17.0 Å². The highest BCUT2D eigenvalue weighted by Gasteiger charge is 2.53. The number of carbonyl (C=O) groups is 1. The van der Waals surface area contributed by atoms with Crippen LogP contribution in [0, 0.1) is 23.2 Å². The van der Waals surface area contributed by atoms with Crippen molar-refractivity contribution in [1.82, 2.24) is 0 Å². The Labute approximate surface area is 144 Å². The summed E-state index contributed by atoms with van der Waals surface area (Å²) in [7, 11) is 0. The lowest BCUT2D eigenvalue weighted by Crippen LogP contribution is -2.56. The molecule has 4 heteroatoms. The van der Waals surface area contributed by atoms with Crippen LogP contribution in [0.4, 0.5) is 10.5 Å². The molecule has 0 radical (unpaired) electrons. The van der Waals surface area contributed by atoms with E-state index in [2.05, 4.69) is 39.1 Å². The fourth-order valence-corrected chi connectivity index (χ4v) is 4.45. The Kier molecular flexibility index (Phi) is 4.68. The van der Waals surface area contributed by atoms with E-state index < -0.39 is 6.09 Å². The summed E-state index contributed by atoms with van der Waals surface area (Å²) in [4.78, 5) is 12.2. The number of amides is 1. The second-order valence-electron chi connectivity index (χ2n) is 7.33. The highest BCUT2D eigenvalue weighted by Crippen LogP contribution is 2.52. The van der Waals surface area contributed by atoms with Gasteiger partial charge in [-0.1, -0.05) is 43.7 Å². The van der Waals surface area contributed by atoms with Gasteiger partial charge in [0.2, 0.25) is 0 Å². The van der Waals surface area contributed by atoms with Crippen LogP contribution in [0.2, 0.25) is 0 Å². The van der Waals surface area contributed by atoms with Gasteiger partial charge in [0.15, 0.2) is 0 Å².